The summed E-state index contributed by atoms with van der Waals surface area (Å²) in [5, 5.41) is 3.55. The molecular weight excluding hydrogens is 339 g/mol. The first kappa shape index (κ1) is 17.0. The first-order valence-corrected chi connectivity index (χ1v) is 7.04. The van der Waals surface area contributed by atoms with Crippen LogP contribution in [0.3, 0.4) is 0 Å². The van der Waals surface area contributed by atoms with Crippen LogP contribution in [0.2, 0.25) is 0 Å². The van der Waals surface area contributed by atoms with Crippen molar-refractivity contribution in [3.8, 4) is 0 Å². The average Bonchev–Trinajstić information content (AvgIpc) is 2.66. The molecule has 1 atom stereocenters. The molecule has 0 radical (unpaired) electrons. The topological polar surface area (TPSA) is 38.1 Å². The highest BCUT2D eigenvalue weighted by atomic mass is 79.9. The lowest BCUT2D eigenvalue weighted by Crippen LogP contribution is -2.36. The Morgan fingerprint density at radius 1 is 1.40 bits per heavy atom. The van der Waals surface area contributed by atoms with Gasteiger partial charge in [-0.25, -0.2) is 0 Å². The number of alkyl halides is 3. The van der Waals surface area contributed by atoms with E-state index >= 15 is 0 Å². The lowest BCUT2D eigenvalue weighted by Gasteiger charge is -2.23. The normalized spacial score (nSPS) is 13.4. The first-order chi connectivity index (χ1) is 9.15. The van der Waals surface area contributed by atoms with Gasteiger partial charge in [-0.3, -0.25) is 9.48 Å². The molecule has 1 rings (SSSR count). The van der Waals surface area contributed by atoms with Crippen molar-refractivity contribution in [3.63, 3.8) is 0 Å². The number of nitrogens with zero attached hydrogens (tertiary/aromatic N) is 3. The third-order valence-corrected chi connectivity index (χ3v) is 4.09. The second-order valence-electron chi connectivity index (χ2n) is 4.38. The number of rotatable bonds is 4. The van der Waals surface area contributed by atoms with E-state index in [0.717, 1.165) is 4.68 Å². The summed E-state index contributed by atoms with van der Waals surface area (Å²) < 4.78 is 39.4. The van der Waals surface area contributed by atoms with E-state index in [9.17, 15) is 18.0 Å². The molecule has 0 aliphatic heterocycles. The van der Waals surface area contributed by atoms with Crippen LogP contribution < -0.4 is 0 Å². The molecule has 20 heavy (non-hydrogen) atoms. The van der Waals surface area contributed by atoms with Crippen molar-refractivity contribution in [3.05, 3.63) is 15.9 Å². The highest BCUT2D eigenvalue weighted by molar-refractivity contribution is 9.10. The summed E-state index contributed by atoms with van der Waals surface area (Å²) >= 11 is 2.90. The Labute approximate surface area is 124 Å². The van der Waals surface area contributed by atoms with E-state index in [0.29, 0.717) is 13.1 Å². The van der Waals surface area contributed by atoms with Crippen molar-refractivity contribution in [1.29, 1.82) is 0 Å². The molecule has 0 bridgehead atoms. The molecular formula is C12H17BrF3N3O. The molecule has 4 nitrogen and oxygen atoms in total. The van der Waals surface area contributed by atoms with Crippen LogP contribution in [-0.2, 0) is 11.0 Å². The van der Waals surface area contributed by atoms with E-state index in [2.05, 4.69) is 21.0 Å². The van der Waals surface area contributed by atoms with Gasteiger partial charge in [0.2, 0.25) is 5.91 Å². The molecule has 0 saturated carbocycles. The van der Waals surface area contributed by atoms with Crippen molar-refractivity contribution in [2.75, 3.05) is 13.1 Å². The third-order valence-electron chi connectivity index (χ3n) is 3.14. The fraction of sp³-hybridized carbons (Fsp3) is 0.667. The zero-order valence-electron chi connectivity index (χ0n) is 11.8. The van der Waals surface area contributed by atoms with Crippen LogP contribution in [0, 0.1) is 6.92 Å². The van der Waals surface area contributed by atoms with Crippen LogP contribution in [0.5, 0.6) is 0 Å². The largest absolute Gasteiger partial charge is 0.436 e. The number of hydrogen-bond donors (Lipinski definition) is 0. The molecule has 0 fully saturated rings. The number of halogens is 4. The van der Waals surface area contributed by atoms with Gasteiger partial charge in [0.25, 0.3) is 0 Å². The molecule has 0 unspecified atom stereocenters. The highest BCUT2D eigenvalue weighted by Gasteiger charge is 2.39. The minimum atomic E-state index is -4.55. The maximum Gasteiger partial charge on any atom is 0.436 e. The quantitative estimate of drug-likeness (QED) is 0.829. The Balaban J connectivity index is 3.18. The van der Waals surface area contributed by atoms with Gasteiger partial charge in [-0.2, -0.15) is 18.3 Å². The minimum absolute atomic E-state index is 0.121. The SMILES string of the molecule is CCN(CC)C(=O)[C@@H](C)n1nc(C(F)(F)F)c(Br)c1C. The van der Waals surface area contributed by atoms with Gasteiger partial charge in [-0.1, -0.05) is 0 Å². The maximum atomic E-state index is 12.8. The van der Waals surface area contributed by atoms with Crippen molar-refractivity contribution in [2.45, 2.75) is 39.9 Å². The van der Waals surface area contributed by atoms with E-state index in [-0.39, 0.29) is 16.1 Å². The monoisotopic (exact) mass is 355 g/mol. The zero-order valence-corrected chi connectivity index (χ0v) is 13.3. The predicted molar refractivity (Wildman–Crippen MR) is 72.3 cm³/mol. The highest BCUT2D eigenvalue weighted by Crippen LogP contribution is 2.36. The first-order valence-electron chi connectivity index (χ1n) is 6.25. The van der Waals surface area contributed by atoms with Gasteiger partial charge in [0.05, 0.1) is 10.2 Å². The molecule has 1 aromatic rings. The Morgan fingerprint density at radius 3 is 2.25 bits per heavy atom. The summed E-state index contributed by atoms with van der Waals surface area (Å²) in [5.41, 5.74) is -0.723. The smallest absolute Gasteiger partial charge is 0.341 e. The van der Waals surface area contributed by atoms with Gasteiger partial charge in [-0.05, 0) is 43.6 Å². The molecule has 1 amide bonds. The lowest BCUT2D eigenvalue weighted by atomic mass is 10.2. The van der Waals surface area contributed by atoms with Gasteiger partial charge in [0.1, 0.15) is 6.04 Å². The van der Waals surface area contributed by atoms with Gasteiger partial charge >= 0.3 is 6.18 Å². The Bertz CT molecular complexity index is 495. The standard InChI is InChI=1S/C12H17BrF3N3O/c1-5-18(6-2)11(20)8(4)19-7(3)9(13)10(17-19)12(14,15)16/h8H,5-6H2,1-4H3/t8-/m1/s1. The summed E-state index contributed by atoms with van der Waals surface area (Å²) in [6.45, 7) is 7.70. The Kier molecular flexibility index (Phi) is 5.23. The fourth-order valence-corrected chi connectivity index (χ4v) is 2.45. The average molecular weight is 356 g/mol. The molecule has 0 saturated heterocycles. The van der Waals surface area contributed by atoms with E-state index in [1.165, 1.54) is 6.92 Å². The van der Waals surface area contributed by atoms with E-state index in [1.807, 2.05) is 13.8 Å². The van der Waals surface area contributed by atoms with Gasteiger partial charge in [0, 0.05) is 13.1 Å². The minimum Gasteiger partial charge on any atom is -0.341 e. The van der Waals surface area contributed by atoms with Gasteiger partial charge in [0.15, 0.2) is 5.69 Å². The van der Waals surface area contributed by atoms with Crippen LogP contribution in [0.4, 0.5) is 13.2 Å². The lowest BCUT2D eigenvalue weighted by molar-refractivity contribution is -0.143. The Morgan fingerprint density at radius 2 is 1.90 bits per heavy atom. The fourth-order valence-electron chi connectivity index (χ4n) is 1.96. The molecule has 0 aliphatic carbocycles. The van der Waals surface area contributed by atoms with Gasteiger partial charge in [-0.15, -0.1) is 0 Å². The third kappa shape index (κ3) is 3.16. The molecule has 0 N–H and O–H groups in total. The molecule has 114 valence electrons. The number of hydrogen-bond acceptors (Lipinski definition) is 2. The van der Waals surface area contributed by atoms with E-state index < -0.39 is 17.9 Å². The number of amides is 1. The number of carbonyl (C=O) groups is 1. The summed E-state index contributed by atoms with van der Waals surface area (Å²) in [6, 6.07) is -0.776. The Hall–Kier alpha value is -1.05. The molecule has 1 heterocycles. The number of carbonyl (C=O) groups excluding carboxylic acids is 1. The van der Waals surface area contributed by atoms with E-state index in [4.69, 9.17) is 0 Å². The van der Waals surface area contributed by atoms with Crippen LogP contribution in [0.25, 0.3) is 0 Å². The van der Waals surface area contributed by atoms with Crippen LogP contribution >= 0.6 is 15.9 Å². The zero-order chi connectivity index (χ0) is 15.7. The number of likely N-dealkylation sites (N-methyl/N-ethyl adjacent to an activating group) is 1. The number of aromatic nitrogens is 2. The van der Waals surface area contributed by atoms with Crippen LogP contribution in [0.1, 0.15) is 38.2 Å². The van der Waals surface area contributed by atoms with E-state index in [1.54, 1.807) is 11.8 Å². The summed E-state index contributed by atoms with van der Waals surface area (Å²) in [7, 11) is 0. The molecule has 0 aliphatic rings. The van der Waals surface area contributed by atoms with Crippen molar-refractivity contribution < 1.29 is 18.0 Å². The second-order valence-corrected chi connectivity index (χ2v) is 5.17. The summed E-state index contributed by atoms with van der Waals surface area (Å²) in [4.78, 5) is 13.8. The maximum absolute atomic E-state index is 12.8. The molecule has 1 aromatic heterocycles. The second kappa shape index (κ2) is 6.15. The van der Waals surface area contributed by atoms with Gasteiger partial charge < -0.3 is 4.90 Å². The molecule has 8 heteroatoms. The molecule has 0 aromatic carbocycles. The predicted octanol–water partition coefficient (Wildman–Crippen LogP) is 3.40. The van der Waals surface area contributed by atoms with Crippen molar-refractivity contribution >= 4 is 21.8 Å². The molecule has 0 spiro atoms. The van der Waals surface area contributed by atoms with Crippen molar-refractivity contribution in [2.24, 2.45) is 0 Å². The summed E-state index contributed by atoms with van der Waals surface area (Å²) in [6.07, 6.45) is -4.55. The van der Waals surface area contributed by atoms with Crippen LogP contribution in [-0.4, -0.2) is 33.7 Å². The van der Waals surface area contributed by atoms with Crippen molar-refractivity contribution in [1.82, 2.24) is 14.7 Å². The summed E-state index contributed by atoms with van der Waals surface area (Å²) in [5.74, 6) is -0.248. The van der Waals surface area contributed by atoms with Crippen LogP contribution in [0.15, 0.2) is 4.47 Å².